The van der Waals surface area contributed by atoms with Gasteiger partial charge in [0.05, 0.1) is 24.8 Å². The molecule has 29 heavy (non-hydrogen) atoms. The first-order valence-corrected chi connectivity index (χ1v) is 10.1. The van der Waals surface area contributed by atoms with Crippen LogP contribution in [0.2, 0.25) is 0 Å². The molecule has 9 heteroatoms. The highest BCUT2D eigenvalue weighted by Gasteiger charge is 2.17. The minimum absolute atomic E-state index is 0.0747. The number of anilines is 1. The third-order valence-corrected chi connectivity index (χ3v) is 5.71. The van der Waals surface area contributed by atoms with Gasteiger partial charge in [0, 0.05) is 35.9 Å². The summed E-state index contributed by atoms with van der Waals surface area (Å²) in [5.41, 5.74) is 2.04. The fraction of sp³-hybridized carbons (Fsp3) is 0.100. The molecule has 1 N–H and O–H groups in total. The monoisotopic (exact) mass is 410 g/mol. The molecule has 148 valence electrons. The molecule has 0 unspecified atom stereocenters. The Kier molecular flexibility index (Phi) is 4.81. The molecule has 8 nitrogen and oxygen atoms in total. The van der Waals surface area contributed by atoms with Gasteiger partial charge in [-0.15, -0.1) is 0 Å². The SMILES string of the molecule is COc1ccc(S(=O)(=O)Nc2ccc(-c3cn4cccnc4n3)cc2)cc1OC. The van der Waals surface area contributed by atoms with Gasteiger partial charge in [-0.2, -0.15) is 0 Å². The molecule has 0 aliphatic heterocycles. The third-order valence-electron chi connectivity index (χ3n) is 4.33. The van der Waals surface area contributed by atoms with E-state index in [1.165, 1.54) is 26.4 Å². The molecule has 0 fully saturated rings. The highest BCUT2D eigenvalue weighted by atomic mass is 32.2. The molecular weight excluding hydrogens is 392 g/mol. The number of aromatic nitrogens is 3. The van der Waals surface area contributed by atoms with Gasteiger partial charge in [-0.25, -0.2) is 18.4 Å². The number of sulfonamides is 1. The second-order valence-corrected chi connectivity index (χ2v) is 7.84. The Balaban J connectivity index is 1.58. The lowest BCUT2D eigenvalue weighted by molar-refractivity contribution is 0.354. The lowest BCUT2D eigenvalue weighted by Crippen LogP contribution is -2.13. The number of nitrogens with zero attached hydrogens (tertiary/aromatic N) is 3. The van der Waals surface area contributed by atoms with E-state index in [9.17, 15) is 8.42 Å². The lowest BCUT2D eigenvalue weighted by atomic mass is 10.1. The molecule has 2 heterocycles. The average Bonchev–Trinajstić information content (AvgIpc) is 3.17. The molecule has 2 aromatic carbocycles. The van der Waals surface area contributed by atoms with E-state index in [2.05, 4.69) is 14.7 Å². The van der Waals surface area contributed by atoms with Crippen molar-refractivity contribution in [1.82, 2.24) is 14.4 Å². The van der Waals surface area contributed by atoms with Crippen LogP contribution in [0.25, 0.3) is 17.0 Å². The largest absolute Gasteiger partial charge is 0.493 e. The van der Waals surface area contributed by atoms with Gasteiger partial charge >= 0.3 is 0 Å². The van der Waals surface area contributed by atoms with Gasteiger partial charge in [0.25, 0.3) is 10.0 Å². The predicted molar refractivity (Wildman–Crippen MR) is 109 cm³/mol. The van der Waals surface area contributed by atoms with E-state index in [0.717, 1.165) is 11.3 Å². The van der Waals surface area contributed by atoms with Crippen LogP contribution in [0.15, 0.2) is 72.0 Å². The minimum Gasteiger partial charge on any atom is -0.493 e. The maximum absolute atomic E-state index is 12.7. The summed E-state index contributed by atoms with van der Waals surface area (Å²) in [7, 11) is -0.840. The molecule has 4 rings (SSSR count). The molecule has 0 aliphatic carbocycles. The van der Waals surface area contributed by atoms with Gasteiger partial charge < -0.3 is 9.47 Å². The van der Waals surface area contributed by atoms with E-state index in [0.29, 0.717) is 23.0 Å². The molecule has 0 saturated heterocycles. The van der Waals surface area contributed by atoms with E-state index in [4.69, 9.17) is 9.47 Å². The Morgan fingerprint density at radius 2 is 1.76 bits per heavy atom. The number of ether oxygens (including phenoxy) is 2. The van der Waals surface area contributed by atoms with E-state index < -0.39 is 10.0 Å². The van der Waals surface area contributed by atoms with Gasteiger partial charge in [-0.1, -0.05) is 12.1 Å². The number of imidazole rings is 1. The van der Waals surface area contributed by atoms with Gasteiger partial charge in [-0.05, 0) is 30.3 Å². The van der Waals surface area contributed by atoms with Crippen molar-refractivity contribution in [2.45, 2.75) is 4.90 Å². The fourth-order valence-corrected chi connectivity index (χ4v) is 3.95. The third kappa shape index (κ3) is 3.72. The second-order valence-electron chi connectivity index (χ2n) is 6.15. The highest BCUT2D eigenvalue weighted by molar-refractivity contribution is 7.92. The molecule has 4 aromatic rings. The molecule has 0 bridgehead atoms. The Morgan fingerprint density at radius 1 is 1.00 bits per heavy atom. The van der Waals surface area contributed by atoms with Gasteiger partial charge in [-0.3, -0.25) is 9.12 Å². The Labute approximate surface area is 167 Å². The first-order valence-electron chi connectivity index (χ1n) is 8.65. The fourth-order valence-electron chi connectivity index (χ4n) is 2.88. The van der Waals surface area contributed by atoms with E-state index in [-0.39, 0.29) is 4.90 Å². The van der Waals surface area contributed by atoms with Crippen molar-refractivity contribution in [3.63, 3.8) is 0 Å². The number of rotatable bonds is 6. The van der Waals surface area contributed by atoms with Crippen LogP contribution in [0.1, 0.15) is 0 Å². The van der Waals surface area contributed by atoms with E-state index in [1.54, 1.807) is 36.5 Å². The van der Waals surface area contributed by atoms with Crippen molar-refractivity contribution < 1.29 is 17.9 Å². The molecule has 0 radical (unpaired) electrons. The molecule has 0 spiro atoms. The summed E-state index contributed by atoms with van der Waals surface area (Å²) in [6.45, 7) is 0. The molecule has 0 atom stereocenters. The highest BCUT2D eigenvalue weighted by Crippen LogP contribution is 2.30. The van der Waals surface area contributed by atoms with Gasteiger partial charge in [0.15, 0.2) is 11.5 Å². The Bertz CT molecular complexity index is 1230. The van der Waals surface area contributed by atoms with Crippen LogP contribution in [0, 0.1) is 0 Å². The number of methoxy groups -OCH3 is 2. The zero-order valence-corrected chi connectivity index (χ0v) is 16.6. The summed E-state index contributed by atoms with van der Waals surface area (Å²) < 4.78 is 40.1. The van der Waals surface area contributed by atoms with Crippen LogP contribution in [-0.4, -0.2) is 37.0 Å². The van der Waals surface area contributed by atoms with Crippen LogP contribution in [0.3, 0.4) is 0 Å². The van der Waals surface area contributed by atoms with Crippen molar-refractivity contribution in [3.05, 3.63) is 67.1 Å². The Hall–Kier alpha value is -3.59. The quantitative estimate of drug-likeness (QED) is 0.524. The average molecular weight is 410 g/mol. The number of hydrogen-bond donors (Lipinski definition) is 1. The minimum atomic E-state index is -3.78. The molecule has 2 aromatic heterocycles. The topological polar surface area (TPSA) is 94.8 Å². The van der Waals surface area contributed by atoms with Crippen molar-refractivity contribution in [3.8, 4) is 22.8 Å². The zero-order valence-electron chi connectivity index (χ0n) is 15.7. The standard InChI is InChI=1S/C20H18N4O4S/c1-27-18-9-8-16(12-19(18)28-2)29(25,26)23-15-6-4-14(5-7-15)17-13-24-11-3-10-21-20(24)22-17/h3-13,23H,1-2H3. The van der Waals surface area contributed by atoms with Crippen molar-refractivity contribution in [1.29, 1.82) is 0 Å². The summed E-state index contributed by atoms with van der Waals surface area (Å²) in [6.07, 6.45) is 5.41. The molecular formula is C20H18N4O4S. The van der Waals surface area contributed by atoms with E-state index >= 15 is 0 Å². The first kappa shape index (κ1) is 18.8. The van der Waals surface area contributed by atoms with Gasteiger partial charge in [0.2, 0.25) is 5.78 Å². The summed E-state index contributed by atoms with van der Waals surface area (Å²) in [6, 6.07) is 13.2. The Morgan fingerprint density at radius 3 is 2.45 bits per heavy atom. The predicted octanol–water partition coefficient (Wildman–Crippen LogP) is 3.21. The van der Waals surface area contributed by atoms with Crippen LogP contribution in [0.4, 0.5) is 5.69 Å². The van der Waals surface area contributed by atoms with Crippen molar-refractivity contribution in [2.24, 2.45) is 0 Å². The van der Waals surface area contributed by atoms with E-state index in [1.807, 2.05) is 22.9 Å². The molecule has 0 saturated carbocycles. The lowest BCUT2D eigenvalue weighted by Gasteiger charge is -2.12. The van der Waals surface area contributed by atoms with Crippen LogP contribution in [-0.2, 0) is 10.0 Å². The smallest absolute Gasteiger partial charge is 0.262 e. The number of hydrogen-bond acceptors (Lipinski definition) is 6. The zero-order chi connectivity index (χ0) is 20.4. The summed E-state index contributed by atoms with van der Waals surface area (Å²) in [5.74, 6) is 1.39. The normalized spacial score (nSPS) is 11.4. The first-order chi connectivity index (χ1) is 14.0. The second kappa shape index (κ2) is 7.44. The number of fused-ring (bicyclic) bond motifs is 1. The van der Waals surface area contributed by atoms with Gasteiger partial charge in [0.1, 0.15) is 0 Å². The van der Waals surface area contributed by atoms with Crippen LogP contribution >= 0.6 is 0 Å². The summed E-state index contributed by atoms with van der Waals surface area (Å²) in [4.78, 5) is 8.73. The maximum Gasteiger partial charge on any atom is 0.262 e. The van der Waals surface area contributed by atoms with Crippen molar-refractivity contribution in [2.75, 3.05) is 18.9 Å². The van der Waals surface area contributed by atoms with Crippen LogP contribution in [0.5, 0.6) is 11.5 Å². The summed E-state index contributed by atoms with van der Waals surface area (Å²) >= 11 is 0. The van der Waals surface area contributed by atoms with Crippen molar-refractivity contribution >= 4 is 21.5 Å². The summed E-state index contributed by atoms with van der Waals surface area (Å²) in [5, 5.41) is 0. The van der Waals surface area contributed by atoms with Crippen LogP contribution < -0.4 is 14.2 Å². The number of nitrogens with one attached hydrogen (secondary N) is 1. The maximum atomic E-state index is 12.7. The molecule has 0 amide bonds. The molecule has 0 aliphatic rings. The number of benzene rings is 2.